The lowest BCUT2D eigenvalue weighted by Gasteiger charge is -2.59. The van der Waals surface area contributed by atoms with Crippen LogP contribution in [-0.2, 0) is 9.53 Å². The van der Waals surface area contributed by atoms with Crippen molar-refractivity contribution in [1.82, 2.24) is 0 Å². The minimum absolute atomic E-state index is 0.108. The topological polar surface area (TPSA) is 46.5 Å². The van der Waals surface area contributed by atoms with Crippen LogP contribution in [0, 0.1) is 22.7 Å². The number of fused-ring (bicyclic) bond motifs is 3. The van der Waals surface area contributed by atoms with Gasteiger partial charge in [0.25, 0.3) is 0 Å². The standard InChI is InChI=1S/C20H32O3/c1-7-19(5,22)16-12-14-18(4)10-9-15(21)17(2,3)13(18)8-11-20(14,6)23-16/h7,13-14,16,22H,1,8-12H2,2-6H3/t13-,14+,16-,18-,19+,20+/m0/s1. The van der Waals surface area contributed by atoms with Gasteiger partial charge in [-0.3, -0.25) is 4.79 Å². The second-order valence-corrected chi connectivity index (χ2v) is 9.38. The average molecular weight is 320 g/mol. The highest BCUT2D eigenvalue weighted by Crippen LogP contribution is 2.65. The third-order valence-electron chi connectivity index (χ3n) is 7.67. The first-order valence-corrected chi connectivity index (χ1v) is 9.04. The van der Waals surface area contributed by atoms with E-state index in [4.69, 9.17) is 4.74 Å². The van der Waals surface area contributed by atoms with E-state index < -0.39 is 5.60 Å². The third kappa shape index (κ3) is 2.26. The molecule has 3 rings (SSSR count). The predicted molar refractivity (Wildman–Crippen MR) is 91.1 cm³/mol. The highest BCUT2D eigenvalue weighted by Gasteiger charge is 2.64. The van der Waals surface area contributed by atoms with Crippen molar-refractivity contribution in [2.75, 3.05) is 0 Å². The van der Waals surface area contributed by atoms with Gasteiger partial charge in [0.1, 0.15) is 11.4 Å². The van der Waals surface area contributed by atoms with Gasteiger partial charge in [-0.25, -0.2) is 0 Å². The maximum Gasteiger partial charge on any atom is 0.138 e. The first kappa shape index (κ1) is 17.2. The minimum atomic E-state index is -0.994. The Balaban J connectivity index is 1.97. The Morgan fingerprint density at radius 2 is 1.91 bits per heavy atom. The van der Waals surface area contributed by atoms with Crippen LogP contribution >= 0.6 is 0 Å². The quantitative estimate of drug-likeness (QED) is 0.785. The summed E-state index contributed by atoms with van der Waals surface area (Å²) in [6.07, 6.45) is 5.89. The number of carbonyl (C=O) groups is 1. The fourth-order valence-corrected chi connectivity index (χ4v) is 6.04. The number of hydrogen-bond donors (Lipinski definition) is 1. The summed E-state index contributed by atoms with van der Waals surface area (Å²) in [7, 11) is 0. The van der Waals surface area contributed by atoms with Gasteiger partial charge in [-0.2, -0.15) is 0 Å². The summed E-state index contributed by atoms with van der Waals surface area (Å²) in [5.74, 6) is 1.21. The Hall–Kier alpha value is -0.670. The molecule has 1 heterocycles. The molecule has 0 aromatic rings. The van der Waals surface area contributed by atoms with Crippen molar-refractivity contribution in [3.8, 4) is 0 Å². The summed E-state index contributed by atoms with van der Waals surface area (Å²) >= 11 is 0. The molecule has 1 aliphatic heterocycles. The van der Waals surface area contributed by atoms with E-state index in [2.05, 4.69) is 34.3 Å². The maximum atomic E-state index is 12.5. The van der Waals surface area contributed by atoms with Crippen LogP contribution < -0.4 is 0 Å². The normalized spacial score (nSPS) is 48.3. The molecule has 3 aliphatic rings. The van der Waals surface area contributed by atoms with Crippen molar-refractivity contribution in [1.29, 1.82) is 0 Å². The van der Waals surface area contributed by atoms with E-state index in [1.54, 1.807) is 13.0 Å². The molecular formula is C20H32O3. The van der Waals surface area contributed by atoms with E-state index >= 15 is 0 Å². The summed E-state index contributed by atoms with van der Waals surface area (Å²) in [5, 5.41) is 10.6. The molecule has 2 aliphatic carbocycles. The van der Waals surface area contributed by atoms with Gasteiger partial charge in [-0.05, 0) is 56.8 Å². The zero-order valence-electron chi connectivity index (χ0n) is 15.3. The number of ketones is 1. The second-order valence-electron chi connectivity index (χ2n) is 9.38. The van der Waals surface area contributed by atoms with Crippen LogP contribution in [0.3, 0.4) is 0 Å². The van der Waals surface area contributed by atoms with Crippen molar-refractivity contribution >= 4 is 5.78 Å². The third-order valence-corrected chi connectivity index (χ3v) is 7.67. The van der Waals surface area contributed by atoms with Crippen molar-refractivity contribution in [2.24, 2.45) is 22.7 Å². The van der Waals surface area contributed by atoms with Crippen molar-refractivity contribution < 1.29 is 14.6 Å². The molecule has 0 unspecified atom stereocenters. The van der Waals surface area contributed by atoms with Gasteiger partial charge >= 0.3 is 0 Å². The van der Waals surface area contributed by atoms with E-state index in [1.165, 1.54) is 0 Å². The summed E-state index contributed by atoms with van der Waals surface area (Å²) < 4.78 is 6.41. The molecule has 1 saturated heterocycles. The molecule has 2 saturated carbocycles. The average Bonchev–Trinajstić information content (AvgIpc) is 2.83. The molecule has 23 heavy (non-hydrogen) atoms. The number of carbonyl (C=O) groups excluding carboxylic acids is 1. The SMILES string of the molecule is C=C[C@@](C)(O)[C@@H]1C[C@@H]2[C@@]3(C)CCC(=O)C(C)(C)[C@@H]3CC[C@@]2(C)O1. The summed E-state index contributed by atoms with van der Waals surface area (Å²) in [6, 6.07) is 0. The van der Waals surface area contributed by atoms with Gasteiger partial charge < -0.3 is 9.84 Å². The van der Waals surface area contributed by atoms with Crippen molar-refractivity contribution in [3.63, 3.8) is 0 Å². The number of rotatable bonds is 2. The first-order chi connectivity index (χ1) is 10.5. The van der Waals surface area contributed by atoms with Crippen LogP contribution in [0.1, 0.15) is 66.7 Å². The molecular weight excluding hydrogens is 288 g/mol. The molecule has 0 radical (unpaired) electrons. The van der Waals surface area contributed by atoms with Crippen LogP contribution in [0.5, 0.6) is 0 Å². The number of ether oxygens (including phenoxy) is 1. The van der Waals surface area contributed by atoms with Crippen LogP contribution in [0.25, 0.3) is 0 Å². The summed E-state index contributed by atoms with van der Waals surface area (Å²) in [4.78, 5) is 12.5. The second kappa shape index (κ2) is 4.92. The zero-order chi connectivity index (χ0) is 17.3. The molecule has 0 aromatic heterocycles. The van der Waals surface area contributed by atoms with E-state index in [0.29, 0.717) is 24.0 Å². The van der Waals surface area contributed by atoms with E-state index in [1.807, 2.05) is 0 Å². The summed E-state index contributed by atoms with van der Waals surface area (Å²) in [5.41, 5.74) is -1.32. The molecule has 0 spiro atoms. The number of Topliss-reactive ketones (excluding diaryl/α,β-unsaturated/α-hetero) is 1. The van der Waals surface area contributed by atoms with Gasteiger partial charge in [0.15, 0.2) is 0 Å². The van der Waals surface area contributed by atoms with E-state index in [9.17, 15) is 9.90 Å². The molecule has 0 aromatic carbocycles. The van der Waals surface area contributed by atoms with Gasteiger partial charge in [-0.15, -0.1) is 6.58 Å². The van der Waals surface area contributed by atoms with Crippen molar-refractivity contribution in [2.45, 2.75) is 84.0 Å². The smallest absolute Gasteiger partial charge is 0.138 e. The number of hydrogen-bond acceptors (Lipinski definition) is 3. The Labute approximate surface area is 140 Å². The Morgan fingerprint density at radius 3 is 2.52 bits per heavy atom. The summed E-state index contributed by atoms with van der Waals surface area (Å²) in [6.45, 7) is 14.4. The molecule has 6 atom stereocenters. The number of aliphatic hydroxyl groups is 1. The highest BCUT2D eigenvalue weighted by molar-refractivity contribution is 5.85. The molecule has 3 nitrogen and oxygen atoms in total. The van der Waals surface area contributed by atoms with Gasteiger partial charge in [-0.1, -0.05) is 26.8 Å². The molecule has 3 fully saturated rings. The molecule has 130 valence electrons. The van der Waals surface area contributed by atoms with Crippen molar-refractivity contribution in [3.05, 3.63) is 12.7 Å². The Morgan fingerprint density at radius 1 is 1.26 bits per heavy atom. The monoisotopic (exact) mass is 320 g/mol. The molecule has 0 bridgehead atoms. The first-order valence-electron chi connectivity index (χ1n) is 9.04. The van der Waals surface area contributed by atoms with E-state index in [-0.39, 0.29) is 22.5 Å². The lowest BCUT2D eigenvalue weighted by Crippen LogP contribution is -2.58. The van der Waals surface area contributed by atoms with Gasteiger partial charge in [0.2, 0.25) is 0 Å². The van der Waals surface area contributed by atoms with Gasteiger partial charge in [0, 0.05) is 11.8 Å². The lowest BCUT2D eigenvalue weighted by atomic mass is 9.45. The van der Waals surface area contributed by atoms with E-state index in [0.717, 1.165) is 25.7 Å². The highest BCUT2D eigenvalue weighted by atomic mass is 16.5. The van der Waals surface area contributed by atoms with Crippen LogP contribution in [0.4, 0.5) is 0 Å². The largest absolute Gasteiger partial charge is 0.383 e. The zero-order valence-corrected chi connectivity index (χ0v) is 15.3. The lowest BCUT2D eigenvalue weighted by molar-refractivity contribution is -0.175. The van der Waals surface area contributed by atoms with Crippen LogP contribution in [-0.4, -0.2) is 28.2 Å². The Bertz CT molecular complexity index is 535. The van der Waals surface area contributed by atoms with Gasteiger partial charge in [0.05, 0.1) is 11.7 Å². The minimum Gasteiger partial charge on any atom is -0.383 e. The predicted octanol–water partition coefficient (Wildman–Crippen LogP) is 3.89. The molecule has 0 amide bonds. The Kier molecular flexibility index (Phi) is 3.67. The van der Waals surface area contributed by atoms with Crippen LogP contribution in [0.2, 0.25) is 0 Å². The molecule has 3 heteroatoms. The van der Waals surface area contributed by atoms with Crippen LogP contribution in [0.15, 0.2) is 12.7 Å². The molecule has 1 N–H and O–H groups in total. The fraction of sp³-hybridized carbons (Fsp3) is 0.850. The maximum absolute atomic E-state index is 12.5. The fourth-order valence-electron chi connectivity index (χ4n) is 6.04.